The van der Waals surface area contributed by atoms with Gasteiger partial charge in [0, 0.05) is 25.9 Å². The molecule has 2 aliphatic rings. The molecule has 2 N–H and O–H groups in total. The molecule has 0 aliphatic heterocycles. The first-order valence-electron chi connectivity index (χ1n) is 12.4. The van der Waals surface area contributed by atoms with Gasteiger partial charge in [0.15, 0.2) is 0 Å². The van der Waals surface area contributed by atoms with Crippen LogP contribution in [-0.2, 0) is 14.3 Å². The molecule has 0 saturated heterocycles. The number of alkyl carbamates (subject to hydrolysis) is 1. The van der Waals surface area contributed by atoms with E-state index in [9.17, 15) is 19.5 Å². The molecule has 186 valence electrons. The molecule has 1 atom stereocenters. The molecule has 2 aromatic rings. The third-order valence-corrected chi connectivity index (χ3v) is 7.63. The zero-order valence-corrected chi connectivity index (χ0v) is 20.5. The lowest BCUT2D eigenvalue weighted by molar-refractivity contribution is -0.157. The van der Waals surface area contributed by atoms with Crippen LogP contribution >= 0.6 is 0 Å². The summed E-state index contributed by atoms with van der Waals surface area (Å²) in [5.74, 6) is -1.02. The van der Waals surface area contributed by atoms with Crippen molar-refractivity contribution in [3.63, 3.8) is 0 Å². The summed E-state index contributed by atoms with van der Waals surface area (Å²) in [4.78, 5) is 38.3. The summed E-state index contributed by atoms with van der Waals surface area (Å²) in [6.07, 6.45) is 2.99. The number of hydrogen-bond acceptors (Lipinski definition) is 4. The van der Waals surface area contributed by atoms with Gasteiger partial charge in [-0.3, -0.25) is 4.79 Å². The van der Waals surface area contributed by atoms with E-state index >= 15 is 0 Å². The SMILES string of the molecule is CC(CCC(=O)N(C)C1(C(=O)O)CCCC1)CNC(=O)OCC1c2ccccc2-c2ccccc21. The van der Waals surface area contributed by atoms with Crippen LogP contribution in [0.25, 0.3) is 11.1 Å². The van der Waals surface area contributed by atoms with E-state index in [4.69, 9.17) is 4.74 Å². The minimum absolute atomic E-state index is 0.0101. The first kappa shape index (κ1) is 24.8. The lowest BCUT2D eigenvalue weighted by Crippen LogP contribution is -2.53. The van der Waals surface area contributed by atoms with Gasteiger partial charge in [-0.15, -0.1) is 0 Å². The van der Waals surface area contributed by atoms with E-state index in [2.05, 4.69) is 29.6 Å². The Morgan fingerprint density at radius 3 is 2.20 bits per heavy atom. The minimum atomic E-state index is -1.07. The van der Waals surface area contributed by atoms with Crippen molar-refractivity contribution in [2.45, 2.75) is 56.9 Å². The molecule has 0 heterocycles. The molecule has 2 amide bonds. The van der Waals surface area contributed by atoms with E-state index < -0.39 is 17.6 Å². The molecular weight excluding hydrogens is 444 g/mol. The highest BCUT2D eigenvalue weighted by Gasteiger charge is 2.46. The lowest BCUT2D eigenvalue weighted by Gasteiger charge is -2.35. The van der Waals surface area contributed by atoms with Crippen molar-refractivity contribution in [1.29, 1.82) is 0 Å². The molecule has 1 fully saturated rings. The summed E-state index contributed by atoms with van der Waals surface area (Å²) in [6, 6.07) is 16.4. The van der Waals surface area contributed by atoms with Gasteiger partial charge in [-0.25, -0.2) is 9.59 Å². The quantitative estimate of drug-likeness (QED) is 0.540. The highest BCUT2D eigenvalue weighted by Crippen LogP contribution is 2.44. The number of benzene rings is 2. The second-order valence-electron chi connectivity index (χ2n) is 9.85. The number of amides is 2. The molecule has 0 bridgehead atoms. The molecular formula is C28H34N2O5. The fraction of sp³-hybridized carbons (Fsp3) is 0.464. The molecule has 4 rings (SSSR count). The van der Waals surface area contributed by atoms with Crippen molar-refractivity contribution in [2.75, 3.05) is 20.2 Å². The molecule has 35 heavy (non-hydrogen) atoms. The topological polar surface area (TPSA) is 95.9 Å². The van der Waals surface area contributed by atoms with Crippen molar-refractivity contribution in [3.05, 3.63) is 59.7 Å². The van der Waals surface area contributed by atoms with Crippen molar-refractivity contribution in [2.24, 2.45) is 5.92 Å². The third kappa shape index (κ3) is 5.04. The Hall–Kier alpha value is -3.35. The van der Waals surface area contributed by atoms with E-state index in [1.807, 2.05) is 31.2 Å². The molecule has 7 nitrogen and oxygen atoms in total. The number of aliphatic carboxylic acids is 1. The van der Waals surface area contributed by atoms with E-state index in [1.54, 1.807) is 7.05 Å². The van der Waals surface area contributed by atoms with Gasteiger partial charge in [0.2, 0.25) is 5.91 Å². The predicted octanol–water partition coefficient (Wildman–Crippen LogP) is 4.80. The van der Waals surface area contributed by atoms with Gasteiger partial charge in [-0.2, -0.15) is 0 Å². The number of likely N-dealkylation sites (N-methyl/N-ethyl adjacent to an activating group) is 1. The fourth-order valence-corrected chi connectivity index (χ4v) is 5.44. The molecule has 0 aromatic heterocycles. The van der Waals surface area contributed by atoms with Crippen LogP contribution in [0.1, 0.15) is 62.5 Å². The van der Waals surface area contributed by atoms with Crippen molar-refractivity contribution >= 4 is 18.0 Å². The average molecular weight is 479 g/mol. The Balaban J connectivity index is 1.23. The minimum Gasteiger partial charge on any atom is -0.479 e. The smallest absolute Gasteiger partial charge is 0.407 e. The van der Waals surface area contributed by atoms with Gasteiger partial charge in [0.05, 0.1) is 0 Å². The Kier molecular flexibility index (Phi) is 7.43. The average Bonchev–Trinajstić information content (AvgIpc) is 3.49. The second kappa shape index (κ2) is 10.5. The van der Waals surface area contributed by atoms with E-state index in [-0.39, 0.29) is 30.8 Å². The molecule has 2 aliphatic carbocycles. The lowest BCUT2D eigenvalue weighted by atomic mass is 9.94. The molecule has 0 radical (unpaired) electrons. The van der Waals surface area contributed by atoms with Crippen LogP contribution in [0.2, 0.25) is 0 Å². The van der Waals surface area contributed by atoms with Gasteiger partial charge < -0.3 is 20.1 Å². The number of fused-ring (bicyclic) bond motifs is 3. The second-order valence-corrected chi connectivity index (χ2v) is 9.85. The van der Waals surface area contributed by atoms with Gasteiger partial charge in [-0.05, 0) is 47.4 Å². The number of carbonyl (C=O) groups excluding carboxylic acids is 2. The van der Waals surface area contributed by atoms with Gasteiger partial charge in [-0.1, -0.05) is 68.3 Å². The Bertz CT molecular complexity index is 1050. The predicted molar refractivity (Wildman–Crippen MR) is 133 cm³/mol. The fourth-order valence-electron chi connectivity index (χ4n) is 5.44. The number of ether oxygens (including phenoxy) is 1. The van der Waals surface area contributed by atoms with E-state index in [1.165, 1.54) is 27.2 Å². The number of rotatable bonds is 9. The van der Waals surface area contributed by atoms with Crippen molar-refractivity contribution in [3.8, 4) is 11.1 Å². The van der Waals surface area contributed by atoms with Crippen LogP contribution in [0, 0.1) is 5.92 Å². The molecule has 0 spiro atoms. The first-order chi connectivity index (χ1) is 16.8. The molecule has 7 heteroatoms. The molecule has 1 unspecified atom stereocenters. The number of carboxylic acid groups (broad SMARTS) is 1. The van der Waals surface area contributed by atoms with Crippen LogP contribution in [0.3, 0.4) is 0 Å². The number of hydrogen-bond donors (Lipinski definition) is 2. The van der Waals surface area contributed by atoms with Crippen molar-refractivity contribution < 1.29 is 24.2 Å². The van der Waals surface area contributed by atoms with E-state index in [0.717, 1.165) is 12.8 Å². The summed E-state index contributed by atoms with van der Waals surface area (Å²) in [5, 5.41) is 12.5. The van der Waals surface area contributed by atoms with Crippen LogP contribution in [0.15, 0.2) is 48.5 Å². The van der Waals surface area contributed by atoms with Gasteiger partial charge >= 0.3 is 12.1 Å². The Morgan fingerprint density at radius 1 is 1.06 bits per heavy atom. The van der Waals surface area contributed by atoms with Crippen LogP contribution in [-0.4, -0.2) is 53.7 Å². The summed E-state index contributed by atoms with van der Waals surface area (Å²) in [6.45, 7) is 2.60. The maximum absolute atomic E-state index is 12.7. The standard InChI is InChI=1S/C28H34N2O5/c1-19(13-14-25(31)30(2)28(26(32)33)15-7-8-16-28)17-29-27(34)35-18-24-22-11-5-3-9-20(22)21-10-4-6-12-23(21)24/h3-6,9-12,19,24H,7-8,13-18H2,1-2H3,(H,29,34)(H,32,33). The summed E-state index contributed by atoms with van der Waals surface area (Å²) >= 11 is 0. The summed E-state index contributed by atoms with van der Waals surface area (Å²) in [7, 11) is 1.60. The van der Waals surface area contributed by atoms with Gasteiger partial charge in [0.1, 0.15) is 12.1 Å². The molecule has 2 aromatic carbocycles. The van der Waals surface area contributed by atoms with Crippen molar-refractivity contribution in [1.82, 2.24) is 10.2 Å². The Morgan fingerprint density at radius 2 is 1.63 bits per heavy atom. The Labute approximate surface area is 206 Å². The highest BCUT2D eigenvalue weighted by atomic mass is 16.5. The maximum atomic E-state index is 12.7. The zero-order valence-electron chi connectivity index (χ0n) is 20.5. The first-order valence-corrected chi connectivity index (χ1v) is 12.4. The summed E-state index contributed by atoms with van der Waals surface area (Å²) in [5.41, 5.74) is 3.63. The number of nitrogens with one attached hydrogen (secondary N) is 1. The maximum Gasteiger partial charge on any atom is 0.407 e. The highest BCUT2D eigenvalue weighted by molar-refractivity contribution is 5.87. The number of carbonyl (C=O) groups is 3. The third-order valence-electron chi connectivity index (χ3n) is 7.63. The van der Waals surface area contributed by atoms with Crippen LogP contribution in [0.4, 0.5) is 4.79 Å². The van der Waals surface area contributed by atoms with Crippen LogP contribution in [0.5, 0.6) is 0 Å². The largest absolute Gasteiger partial charge is 0.479 e. The number of carboxylic acids is 1. The number of nitrogens with zero attached hydrogens (tertiary/aromatic N) is 1. The van der Waals surface area contributed by atoms with Gasteiger partial charge in [0.25, 0.3) is 0 Å². The normalized spacial score (nSPS) is 16.7. The molecule has 1 saturated carbocycles. The monoisotopic (exact) mass is 478 g/mol. The van der Waals surface area contributed by atoms with E-state index in [0.29, 0.717) is 25.8 Å². The summed E-state index contributed by atoms with van der Waals surface area (Å²) < 4.78 is 5.57. The van der Waals surface area contributed by atoms with Crippen LogP contribution < -0.4 is 5.32 Å². The zero-order chi connectivity index (χ0) is 25.0.